The molecule has 1 aromatic carbocycles. The Bertz CT molecular complexity index is 1160. The van der Waals surface area contributed by atoms with Crippen molar-refractivity contribution in [1.82, 2.24) is 15.1 Å². The first-order valence-electron chi connectivity index (χ1n) is 14.1. The highest BCUT2D eigenvalue weighted by Gasteiger charge is 2.53. The zero-order chi connectivity index (χ0) is 26.0. The molecule has 2 saturated carbocycles. The average Bonchev–Trinajstić information content (AvgIpc) is 3.49. The average molecular weight is 508 g/mol. The van der Waals surface area contributed by atoms with Crippen molar-refractivity contribution < 1.29 is 18.8 Å². The normalized spacial score (nSPS) is 34.7. The van der Waals surface area contributed by atoms with E-state index in [1.807, 2.05) is 0 Å². The maximum absolute atomic E-state index is 15.5. The van der Waals surface area contributed by atoms with Crippen LogP contribution in [0, 0.1) is 35.4 Å². The smallest absolute Gasteiger partial charge is 0.259 e. The van der Waals surface area contributed by atoms with E-state index in [1.54, 1.807) is 6.07 Å². The molecule has 6 nitrogen and oxygen atoms in total. The van der Waals surface area contributed by atoms with Gasteiger partial charge >= 0.3 is 0 Å². The summed E-state index contributed by atoms with van der Waals surface area (Å²) in [5.41, 5.74) is 1.79. The third-order valence-electron chi connectivity index (χ3n) is 10.1. The van der Waals surface area contributed by atoms with Crippen molar-refractivity contribution in [3.05, 3.63) is 41.2 Å². The fourth-order valence-electron chi connectivity index (χ4n) is 7.90. The van der Waals surface area contributed by atoms with Crippen LogP contribution in [0.4, 0.5) is 4.39 Å². The third-order valence-corrected chi connectivity index (χ3v) is 10.1. The fraction of sp³-hybridized carbons (Fsp3) is 0.633. The van der Waals surface area contributed by atoms with Gasteiger partial charge in [0.05, 0.1) is 0 Å². The first-order valence-corrected chi connectivity index (χ1v) is 14.1. The molecule has 198 valence electrons. The predicted octanol–water partition coefficient (Wildman–Crippen LogP) is 4.56. The molecule has 2 aliphatic carbocycles. The highest BCUT2D eigenvalue weighted by molar-refractivity contribution is 6.12. The maximum Gasteiger partial charge on any atom is 0.259 e. The number of piperidine rings is 2. The van der Waals surface area contributed by atoms with Gasteiger partial charge in [-0.2, -0.15) is 0 Å². The summed E-state index contributed by atoms with van der Waals surface area (Å²) in [6.45, 7) is 12.2. The molecule has 3 heterocycles. The van der Waals surface area contributed by atoms with Gasteiger partial charge in [-0.1, -0.05) is 20.4 Å². The number of hydrogen-bond acceptors (Lipinski definition) is 4. The Morgan fingerprint density at radius 2 is 1.92 bits per heavy atom. The van der Waals surface area contributed by atoms with E-state index < -0.39 is 11.9 Å². The summed E-state index contributed by atoms with van der Waals surface area (Å²) in [7, 11) is 0. The van der Waals surface area contributed by atoms with Crippen LogP contribution in [0.2, 0.25) is 0 Å². The van der Waals surface area contributed by atoms with Gasteiger partial charge in [0.15, 0.2) is 0 Å². The minimum Gasteiger partial charge on any atom is -0.303 e. The molecular formula is C30H38FN3O3. The maximum atomic E-state index is 15.5. The first-order chi connectivity index (χ1) is 17.7. The number of likely N-dealkylation sites (tertiary alicyclic amines) is 1. The molecule has 0 spiro atoms. The SMILES string of the molecule is C=C1c2cc(F)c(C(C)C3CC[C@H]4[C@@H](C3)[C@@H]4CN3CCC[C@@H](C)C3)cc2C(=O)N1C1CCC(=O)NC1=O. The van der Waals surface area contributed by atoms with Crippen molar-refractivity contribution >= 4 is 23.4 Å². The van der Waals surface area contributed by atoms with Gasteiger partial charge in [0, 0.05) is 36.3 Å². The molecule has 3 amide bonds. The number of carbonyl (C=O) groups excluding carboxylic acids is 3. The minimum atomic E-state index is -0.793. The van der Waals surface area contributed by atoms with Gasteiger partial charge in [-0.05, 0) is 98.3 Å². The first kappa shape index (κ1) is 24.8. The molecule has 3 aliphatic heterocycles. The Hall–Kier alpha value is -2.54. The van der Waals surface area contributed by atoms with Crippen molar-refractivity contribution in [2.24, 2.45) is 29.6 Å². The van der Waals surface area contributed by atoms with Gasteiger partial charge in [-0.3, -0.25) is 24.6 Å². The summed E-state index contributed by atoms with van der Waals surface area (Å²) in [4.78, 5) is 41.4. The molecule has 0 aromatic heterocycles. The molecule has 7 atom stereocenters. The number of hydrogen-bond donors (Lipinski definition) is 1. The van der Waals surface area contributed by atoms with Gasteiger partial charge in [0.25, 0.3) is 5.91 Å². The molecule has 37 heavy (non-hydrogen) atoms. The summed E-state index contributed by atoms with van der Waals surface area (Å²) in [5, 5.41) is 2.31. The standard InChI is InChI=1S/C30H38FN3O3/c1-16-5-4-10-33(14-16)15-25-20-7-6-19(11-23(20)25)17(2)21-12-24-22(13-26(21)31)18(3)34(30(24)37)27-8-9-28(35)32-29(27)36/h12-13,16-17,19-20,23,25,27H,3-11,14-15H2,1-2H3,(H,32,35,36)/t16-,17?,19?,20+,23-,25-,27?/m1/s1. The summed E-state index contributed by atoms with van der Waals surface area (Å²) in [5.74, 6) is 2.13. The summed E-state index contributed by atoms with van der Waals surface area (Å²) in [6.07, 6.45) is 6.54. The van der Waals surface area contributed by atoms with Crippen molar-refractivity contribution in [2.45, 2.75) is 70.8 Å². The van der Waals surface area contributed by atoms with Gasteiger partial charge in [-0.25, -0.2) is 4.39 Å². The lowest BCUT2D eigenvalue weighted by molar-refractivity contribution is -0.136. The highest BCUT2D eigenvalue weighted by atomic mass is 19.1. The van der Waals surface area contributed by atoms with Crippen molar-refractivity contribution in [3.63, 3.8) is 0 Å². The van der Waals surface area contributed by atoms with Crippen molar-refractivity contribution in [1.29, 1.82) is 0 Å². The Balaban J connectivity index is 1.15. The number of rotatable bonds is 5. The Kier molecular flexibility index (Phi) is 6.25. The van der Waals surface area contributed by atoms with Crippen LogP contribution in [-0.4, -0.2) is 53.2 Å². The molecule has 5 aliphatic rings. The van der Waals surface area contributed by atoms with Gasteiger partial charge in [0.1, 0.15) is 11.9 Å². The van der Waals surface area contributed by atoms with Crippen LogP contribution >= 0.6 is 0 Å². The second kappa shape index (κ2) is 9.33. The Morgan fingerprint density at radius 1 is 1.11 bits per heavy atom. The molecule has 0 radical (unpaired) electrons. The van der Waals surface area contributed by atoms with Crippen LogP contribution in [0.1, 0.15) is 86.2 Å². The van der Waals surface area contributed by atoms with E-state index in [2.05, 4.69) is 30.6 Å². The van der Waals surface area contributed by atoms with E-state index in [4.69, 9.17) is 0 Å². The third kappa shape index (κ3) is 4.33. The molecule has 2 saturated heterocycles. The van der Waals surface area contributed by atoms with E-state index in [-0.39, 0.29) is 36.4 Å². The molecule has 1 N–H and O–H groups in total. The van der Waals surface area contributed by atoms with Crippen LogP contribution in [0.25, 0.3) is 5.70 Å². The van der Waals surface area contributed by atoms with E-state index in [1.165, 1.54) is 49.9 Å². The van der Waals surface area contributed by atoms with E-state index >= 15 is 4.39 Å². The number of nitrogens with zero attached hydrogens (tertiary/aromatic N) is 2. The fourth-order valence-corrected chi connectivity index (χ4v) is 7.90. The lowest BCUT2D eigenvalue weighted by Gasteiger charge is -2.31. The van der Waals surface area contributed by atoms with Crippen molar-refractivity contribution in [3.8, 4) is 0 Å². The summed E-state index contributed by atoms with van der Waals surface area (Å²) < 4.78 is 15.5. The largest absolute Gasteiger partial charge is 0.303 e. The predicted molar refractivity (Wildman–Crippen MR) is 139 cm³/mol. The van der Waals surface area contributed by atoms with Gasteiger partial charge in [0.2, 0.25) is 11.8 Å². The molecular weight excluding hydrogens is 469 g/mol. The number of fused-ring (bicyclic) bond motifs is 2. The minimum absolute atomic E-state index is 0.0215. The highest BCUT2D eigenvalue weighted by Crippen LogP contribution is 2.59. The summed E-state index contributed by atoms with van der Waals surface area (Å²) >= 11 is 0. The number of carbonyl (C=O) groups is 3. The van der Waals surface area contributed by atoms with Crippen LogP contribution in [0.5, 0.6) is 0 Å². The molecule has 0 bridgehead atoms. The lowest BCUT2D eigenvalue weighted by atomic mass is 9.77. The quantitative estimate of drug-likeness (QED) is 0.594. The zero-order valence-electron chi connectivity index (χ0n) is 22.0. The van der Waals surface area contributed by atoms with E-state index in [0.29, 0.717) is 28.3 Å². The lowest BCUT2D eigenvalue weighted by Crippen LogP contribution is -2.52. The number of amides is 3. The van der Waals surface area contributed by atoms with Crippen LogP contribution < -0.4 is 5.32 Å². The summed E-state index contributed by atoms with van der Waals surface area (Å²) in [6, 6.07) is 2.34. The monoisotopic (exact) mass is 507 g/mol. The zero-order valence-corrected chi connectivity index (χ0v) is 22.0. The Labute approximate surface area is 218 Å². The number of nitrogens with one attached hydrogen (secondary N) is 1. The Morgan fingerprint density at radius 3 is 2.68 bits per heavy atom. The number of halogens is 1. The van der Waals surface area contributed by atoms with Crippen LogP contribution in [0.15, 0.2) is 18.7 Å². The number of imide groups is 1. The number of benzene rings is 1. The van der Waals surface area contributed by atoms with Gasteiger partial charge in [-0.15, -0.1) is 0 Å². The molecule has 7 heteroatoms. The molecule has 1 aromatic rings. The molecule has 3 unspecified atom stereocenters. The van der Waals surface area contributed by atoms with E-state index in [9.17, 15) is 14.4 Å². The second-order valence-electron chi connectivity index (χ2n) is 12.4. The van der Waals surface area contributed by atoms with E-state index in [0.717, 1.165) is 36.5 Å². The van der Waals surface area contributed by atoms with Gasteiger partial charge < -0.3 is 4.90 Å². The van der Waals surface area contributed by atoms with Crippen LogP contribution in [-0.2, 0) is 9.59 Å². The molecule has 6 rings (SSSR count). The van der Waals surface area contributed by atoms with Crippen LogP contribution in [0.3, 0.4) is 0 Å². The second-order valence-corrected chi connectivity index (χ2v) is 12.4. The molecule has 4 fully saturated rings. The van der Waals surface area contributed by atoms with Crippen molar-refractivity contribution in [2.75, 3.05) is 19.6 Å². The topological polar surface area (TPSA) is 69.7 Å².